The first-order valence-corrected chi connectivity index (χ1v) is 10.1. The second kappa shape index (κ2) is 8.38. The van der Waals surface area contributed by atoms with Gasteiger partial charge in [-0.1, -0.05) is 97.1 Å². The van der Waals surface area contributed by atoms with E-state index in [-0.39, 0.29) is 5.97 Å². The van der Waals surface area contributed by atoms with Crippen LogP contribution >= 0.6 is 0 Å². The summed E-state index contributed by atoms with van der Waals surface area (Å²) in [6.07, 6.45) is 0. The Labute approximate surface area is 177 Å². The van der Waals surface area contributed by atoms with Crippen LogP contribution in [0.5, 0.6) is 5.75 Å². The van der Waals surface area contributed by atoms with Crippen LogP contribution < -0.4 is 4.74 Å². The van der Waals surface area contributed by atoms with Gasteiger partial charge in [0.1, 0.15) is 11.2 Å². The van der Waals surface area contributed by atoms with Crippen LogP contribution in [0.15, 0.2) is 109 Å². The summed E-state index contributed by atoms with van der Waals surface area (Å²) < 4.78 is 6.04. The van der Waals surface area contributed by atoms with Crippen molar-refractivity contribution in [2.24, 2.45) is 0 Å². The lowest BCUT2D eigenvalue weighted by molar-refractivity contribution is -0.138. The van der Waals surface area contributed by atoms with Crippen LogP contribution in [0.25, 0.3) is 0 Å². The smallest absolute Gasteiger partial charge is 0.331 e. The molecule has 4 rings (SSSR count). The van der Waals surface area contributed by atoms with E-state index in [0.717, 1.165) is 27.8 Å². The van der Waals surface area contributed by atoms with Gasteiger partial charge >= 0.3 is 5.97 Å². The maximum atomic E-state index is 14.0. The first kappa shape index (κ1) is 19.7. The fourth-order valence-electron chi connectivity index (χ4n) is 3.88. The average molecular weight is 392 g/mol. The third-order valence-corrected chi connectivity index (χ3v) is 5.62. The summed E-state index contributed by atoms with van der Waals surface area (Å²) in [7, 11) is 0. The van der Waals surface area contributed by atoms with Gasteiger partial charge in [-0.05, 0) is 53.8 Å². The van der Waals surface area contributed by atoms with Gasteiger partial charge in [0, 0.05) is 0 Å². The van der Waals surface area contributed by atoms with E-state index in [0.29, 0.717) is 5.75 Å². The molecule has 0 aromatic heterocycles. The average Bonchev–Trinajstić information content (AvgIpc) is 2.79. The zero-order valence-electron chi connectivity index (χ0n) is 17.2. The molecule has 2 nitrogen and oxygen atoms in total. The van der Waals surface area contributed by atoms with Crippen LogP contribution in [0.1, 0.15) is 27.8 Å². The predicted octanol–water partition coefficient (Wildman–Crippen LogP) is 6.24. The highest BCUT2D eigenvalue weighted by Crippen LogP contribution is 2.40. The SMILES string of the molecule is Cc1ccc(OC(=O)C(c2ccccc2)(c2ccccc2)c2ccccc2)cc1C. The quantitative estimate of drug-likeness (QED) is 0.228. The molecule has 2 heteroatoms. The van der Waals surface area contributed by atoms with Gasteiger partial charge in [-0.25, -0.2) is 4.79 Å². The van der Waals surface area contributed by atoms with E-state index in [2.05, 4.69) is 0 Å². The molecular formula is C28H24O2. The number of rotatable bonds is 5. The number of aryl methyl sites for hydroxylation is 2. The largest absolute Gasteiger partial charge is 0.425 e. The standard InChI is InChI=1S/C28H24O2/c1-21-18-19-26(20-22(21)2)30-27(29)28(23-12-6-3-7-13-23,24-14-8-4-9-15-24)25-16-10-5-11-17-25/h3-20H,1-2H3. The Morgan fingerprint density at radius 1 is 0.600 bits per heavy atom. The zero-order valence-corrected chi connectivity index (χ0v) is 17.2. The van der Waals surface area contributed by atoms with E-state index in [1.807, 2.05) is 123 Å². The summed E-state index contributed by atoms with van der Waals surface area (Å²) in [4.78, 5) is 14.0. The van der Waals surface area contributed by atoms with E-state index in [9.17, 15) is 4.79 Å². The first-order valence-electron chi connectivity index (χ1n) is 10.1. The number of hydrogen-bond donors (Lipinski definition) is 0. The molecule has 0 fully saturated rings. The van der Waals surface area contributed by atoms with Gasteiger partial charge in [-0.2, -0.15) is 0 Å². The molecule has 0 bridgehead atoms. The Hall–Kier alpha value is -3.65. The first-order chi connectivity index (χ1) is 14.6. The molecular weight excluding hydrogens is 368 g/mol. The van der Waals surface area contributed by atoms with Crippen LogP contribution in [0, 0.1) is 13.8 Å². The van der Waals surface area contributed by atoms with E-state index in [4.69, 9.17) is 4.74 Å². The fourth-order valence-corrected chi connectivity index (χ4v) is 3.88. The fraction of sp³-hybridized carbons (Fsp3) is 0.107. The van der Waals surface area contributed by atoms with Gasteiger partial charge < -0.3 is 4.74 Å². The molecule has 0 N–H and O–H groups in total. The summed E-state index contributed by atoms with van der Waals surface area (Å²) in [5.74, 6) is 0.227. The Morgan fingerprint density at radius 2 is 1.03 bits per heavy atom. The summed E-state index contributed by atoms with van der Waals surface area (Å²) in [5.41, 5.74) is 3.78. The van der Waals surface area contributed by atoms with E-state index in [1.54, 1.807) is 0 Å². The number of carbonyl (C=O) groups excluding carboxylic acids is 1. The molecule has 0 saturated heterocycles. The second-order valence-electron chi connectivity index (χ2n) is 7.48. The Bertz CT molecular complexity index is 1040. The molecule has 148 valence electrons. The molecule has 0 saturated carbocycles. The zero-order chi connectivity index (χ0) is 21.0. The second-order valence-corrected chi connectivity index (χ2v) is 7.48. The molecule has 0 atom stereocenters. The minimum Gasteiger partial charge on any atom is -0.425 e. The lowest BCUT2D eigenvalue weighted by Crippen LogP contribution is -2.41. The summed E-state index contributed by atoms with van der Waals surface area (Å²) in [5, 5.41) is 0. The molecule has 4 aromatic carbocycles. The molecule has 0 spiro atoms. The van der Waals surface area contributed by atoms with Crippen molar-refractivity contribution < 1.29 is 9.53 Å². The van der Waals surface area contributed by atoms with E-state index >= 15 is 0 Å². The highest BCUT2D eigenvalue weighted by atomic mass is 16.5. The number of carbonyl (C=O) groups is 1. The van der Waals surface area contributed by atoms with Crippen molar-refractivity contribution in [3.8, 4) is 5.75 Å². The van der Waals surface area contributed by atoms with Gasteiger partial charge in [-0.3, -0.25) is 0 Å². The maximum Gasteiger partial charge on any atom is 0.331 e. The summed E-state index contributed by atoms with van der Waals surface area (Å²) in [6, 6.07) is 35.3. The van der Waals surface area contributed by atoms with Crippen LogP contribution in [0.3, 0.4) is 0 Å². The molecule has 0 aliphatic heterocycles. The summed E-state index contributed by atoms with van der Waals surface area (Å²) >= 11 is 0. The number of esters is 1. The topological polar surface area (TPSA) is 26.3 Å². The lowest BCUT2D eigenvalue weighted by Gasteiger charge is -2.33. The van der Waals surface area contributed by atoms with Gasteiger partial charge in [-0.15, -0.1) is 0 Å². The third kappa shape index (κ3) is 3.53. The van der Waals surface area contributed by atoms with Gasteiger partial charge in [0.15, 0.2) is 0 Å². The molecule has 0 heterocycles. The van der Waals surface area contributed by atoms with Crippen molar-refractivity contribution in [2.75, 3.05) is 0 Å². The van der Waals surface area contributed by atoms with Crippen molar-refractivity contribution >= 4 is 5.97 Å². The molecule has 30 heavy (non-hydrogen) atoms. The molecule has 0 unspecified atom stereocenters. The highest BCUT2D eigenvalue weighted by Gasteiger charge is 2.45. The molecule has 0 radical (unpaired) electrons. The van der Waals surface area contributed by atoms with Crippen LogP contribution in [-0.2, 0) is 10.2 Å². The normalized spacial score (nSPS) is 11.1. The Morgan fingerprint density at radius 3 is 1.43 bits per heavy atom. The number of hydrogen-bond acceptors (Lipinski definition) is 2. The van der Waals surface area contributed by atoms with E-state index < -0.39 is 5.41 Å². The van der Waals surface area contributed by atoms with Crippen molar-refractivity contribution in [3.05, 3.63) is 137 Å². The lowest BCUT2D eigenvalue weighted by atomic mass is 9.69. The van der Waals surface area contributed by atoms with Crippen LogP contribution in [0.4, 0.5) is 0 Å². The van der Waals surface area contributed by atoms with Gasteiger partial charge in [0.05, 0.1) is 0 Å². The minimum atomic E-state index is -1.08. The summed E-state index contributed by atoms with van der Waals surface area (Å²) in [6.45, 7) is 4.06. The Kier molecular flexibility index (Phi) is 5.49. The van der Waals surface area contributed by atoms with Crippen molar-refractivity contribution in [1.82, 2.24) is 0 Å². The van der Waals surface area contributed by atoms with Gasteiger partial charge in [0.2, 0.25) is 0 Å². The van der Waals surface area contributed by atoms with Crippen molar-refractivity contribution in [1.29, 1.82) is 0 Å². The Balaban J connectivity index is 1.94. The predicted molar refractivity (Wildman–Crippen MR) is 121 cm³/mol. The van der Waals surface area contributed by atoms with Crippen molar-refractivity contribution in [3.63, 3.8) is 0 Å². The number of benzene rings is 4. The third-order valence-electron chi connectivity index (χ3n) is 5.62. The van der Waals surface area contributed by atoms with Crippen molar-refractivity contribution in [2.45, 2.75) is 19.3 Å². The van der Waals surface area contributed by atoms with Crippen LogP contribution in [-0.4, -0.2) is 5.97 Å². The molecule has 0 aliphatic rings. The van der Waals surface area contributed by atoms with E-state index in [1.165, 1.54) is 0 Å². The molecule has 0 aliphatic carbocycles. The molecule has 0 amide bonds. The van der Waals surface area contributed by atoms with Gasteiger partial charge in [0.25, 0.3) is 0 Å². The van der Waals surface area contributed by atoms with Crippen LogP contribution in [0.2, 0.25) is 0 Å². The number of ether oxygens (including phenoxy) is 1. The maximum absolute atomic E-state index is 14.0. The minimum absolute atomic E-state index is 0.325. The molecule has 4 aromatic rings. The highest BCUT2D eigenvalue weighted by molar-refractivity contribution is 5.93. The monoisotopic (exact) mass is 392 g/mol.